The van der Waals surface area contributed by atoms with Crippen LogP contribution in [0.1, 0.15) is 16.1 Å². The van der Waals surface area contributed by atoms with Gasteiger partial charge in [-0.1, -0.05) is 18.2 Å². The number of benzene rings is 2. The van der Waals surface area contributed by atoms with E-state index in [-0.39, 0.29) is 23.9 Å². The average Bonchev–Trinajstić information content (AvgIpc) is 3.35. The van der Waals surface area contributed by atoms with Crippen LogP contribution in [0.4, 0.5) is 4.39 Å². The van der Waals surface area contributed by atoms with Gasteiger partial charge >= 0.3 is 5.91 Å². The topological polar surface area (TPSA) is 87.1 Å². The van der Waals surface area contributed by atoms with Gasteiger partial charge in [-0.15, -0.1) is 0 Å². The number of para-hydroxylation sites is 1. The Hall–Kier alpha value is -3.87. The highest BCUT2D eigenvalue weighted by Gasteiger charge is 2.14. The number of amides is 2. The summed E-state index contributed by atoms with van der Waals surface area (Å²) in [7, 11) is 0. The number of hydrazine groups is 1. The Balaban J connectivity index is 1.36. The highest BCUT2D eigenvalue weighted by atomic mass is 19.1. The van der Waals surface area contributed by atoms with Gasteiger partial charge in [-0.05, 0) is 48.0 Å². The van der Waals surface area contributed by atoms with Gasteiger partial charge in [0.2, 0.25) is 5.91 Å². The van der Waals surface area contributed by atoms with Crippen LogP contribution in [0, 0.1) is 5.82 Å². The van der Waals surface area contributed by atoms with Gasteiger partial charge in [-0.3, -0.25) is 20.4 Å². The molecule has 2 amide bonds. The second kappa shape index (κ2) is 7.40. The molecule has 3 N–H and O–H groups in total. The molecular formula is C21H16FN3O3. The fraction of sp³-hybridized carbons (Fsp3) is 0.0476. The maximum atomic E-state index is 13.0. The molecule has 4 aromatic rings. The standard InChI is InChI=1S/C21H16FN3O3/c22-15-7-5-13(6-8-15)18-9-10-19(28-18)21(27)25-24-20(26)11-14-12-23-17-4-2-1-3-16(14)17/h1-10,12,23H,11H2,(H,24,26)(H,25,27). The molecule has 0 saturated heterocycles. The van der Waals surface area contributed by atoms with Crippen molar-refractivity contribution in [2.24, 2.45) is 0 Å². The van der Waals surface area contributed by atoms with E-state index in [4.69, 9.17) is 4.42 Å². The van der Waals surface area contributed by atoms with E-state index in [1.807, 2.05) is 24.3 Å². The van der Waals surface area contributed by atoms with Crippen molar-refractivity contribution in [3.05, 3.63) is 84.0 Å². The summed E-state index contributed by atoms with van der Waals surface area (Å²) in [4.78, 5) is 27.4. The van der Waals surface area contributed by atoms with Crippen LogP contribution >= 0.6 is 0 Å². The fourth-order valence-corrected chi connectivity index (χ4v) is 2.91. The summed E-state index contributed by atoms with van der Waals surface area (Å²) >= 11 is 0. The van der Waals surface area contributed by atoms with E-state index in [0.717, 1.165) is 16.5 Å². The van der Waals surface area contributed by atoms with E-state index in [9.17, 15) is 14.0 Å². The van der Waals surface area contributed by atoms with Crippen molar-refractivity contribution in [3.63, 3.8) is 0 Å². The molecule has 6 nitrogen and oxygen atoms in total. The van der Waals surface area contributed by atoms with Crippen LogP contribution in [0.2, 0.25) is 0 Å². The number of carbonyl (C=O) groups is 2. The third kappa shape index (κ3) is 3.64. The van der Waals surface area contributed by atoms with Crippen LogP contribution in [0.3, 0.4) is 0 Å². The zero-order valence-corrected chi connectivity index (χ0v) is 14.7. The lowest BCUT2D eigenvalue weighted by atomic mass is 10.1. The molecule has 0 radical (unpaired) electrons. The molecule has 0 aliphatic heterocycles. The Morgan fingerprint density at radius 2 is 1.75 bits per heavy atom. The van der Waals surface area contributed by atoms with Gasteiger partial charge in [0.05, 0.1) is 6.42 Å². The lowest BCUT2D eigenvalue weighted by Crippen LogP contribution is -2.42. The average molecular weight is 377 g/mol. The Morgan fingerprint density at radius 3 is 2.57 bits per heavy atom. The number of furan rings is 1. The number of aromatic amines is 1. The molecule has 2 aromatic carbocycles. The number of H-pyrrole nitrogens is 1. The van der Waals surface area contributed by atoms with Crippen LogP contribution in [0.25, 0.3) is 22.2 Å². The maximum absolute atomic E-state index is 13.0. The number of nitrogens with one attached hydrogen (secondary N) is 3. The van der Waals surface area contributed by atoms with Crippen molar-refractivity contribution in [3.8, 4) is 11.3 Å². The van der Waals surface area contributed by atoms with Gasteiger partial charge in [0, 0.05) is 22.7 Å². The monoisotopic (exact) mass is 377 g/mol. The molecule has 0 aliphatic carbocycles. The van der Waals surface area contributed by atoms with E-state index >= 15 is 0 Å². The predicted octanol–water partition coefficient (Wildman–Crippen LogP) is 3.57. The lowest BCUT2D eigenvalue weighted by molar-refractivity contribution is -0.121. The number of carbonyl (C=O) groups excluding carboxylic acids is 2. The summed E-state index contributed by atoms with van der Waals surface area (Å²) < 4.78 is 18.5. The van der Waals surface area contributed by atoms with Gasteiger partial charge in [-0.25, -0.2) is 4.39 Å². The molecule has 28 heavy (non-hydrogen) atoms. The smallest absolute Gasteiger partial charge is 0.305 e. The Morgan fingerprint density at radius 1 is 0.964 bits per heavy atom. The summed E-state index contributed by atoms with van der Waals surface area (Å²) in [5.41, 5.74) is 7.13. The van der Waals surface area contributed by atoms with E-state index < -0.39 is 5.91 Å². The van der Waals surface area contributed by atoms with Crippen molar-refractivity contribution in [2.45, 2.75) is 6.42 Å². The van der Waals surface area contributed by atoms with E-state index in [1.165, 1.54) is 18.2 Å². The molecule has 0 fully saturated rings. The van der Waals surface area contributed by atoms with Gasteiger partial charge in [0.25, 0.3) is 0 Å². The zero-order valence-electron chi connectivity index (χ0n) is 14.7. The molecule has 0 spiro atoms. The molecule has 140 valence electrons. The van der Waals surface area contributed by atoms with E-state index in [2.05, 4.69) is 15.8 Å². The fourth-order valence-electron chi connectivity index (χ4n) is 2.91. The number of hydrogen-bond acceptors (Lipinski definition) is 3. The van der Waals surface area contributed by atoms with Crippen molar-refractivity contribution >= 4 is 22.7 Å². The first-order valence-electron chi connectivity index (χ1n) is 8.60. The molecule has 7 heteroatoms. The highest BCUT2D eigenvalue weighted by molar-refractivity contribution is 5.94. The van der Waals surface area contributed by atoms with Crippen LogP contribution in [0.15, 0.2) is 71.3 Å². The van der Waals surface area contributed by atoms with Gasteiger partial charge in [0.15, 0.2) is 5.76 Å². The van der Waals surface area contributed by atoms with E-state index in [1.54, 1.807) is 24.4 Å². The summed E-state index contributed by atoms with van der Waals surface area (Å²) in [5, 5.41) is 0.957. The third-order valence-corrected chi connectivity index (χ3v) is 4.30. The van der Waals surface area contributed by atoms with Crippen LogP contribution < -0.4 is 10.9 Å². The van der Waals surface area contributed by atoms with Crippen molar-refractivity contribution in [1.29, 1.82) is 0 Å². The van der Waals surface area contributed by atoms with Crippen molar-refractivity contribution < 1.29 is 18.4 Å². The summed E-state index contributed by atoms with van der Waals surface area (Å²) in [6.45, 7) is 0. The molecule has 0 aliphatic rings. The number of halogens is 1. The van der Waals surface area contributed by atoms with Crippen molar-refractivity contribution in [2.75, 3.05) is 0 Å². The Bertz CT molecular complexity index is 1150. The molecule has 2 heterocycles. The third-order valence-electron chi connectivity index (χ3n) is 4.30. The largest absolute Gasteiger partial charge is 0.451 e. The molecule has 0 saturated carbocycles. The highest BCUT2D eigenvalue weighted by Crippen LogP contribution is 2.22. The predicted molar refractivity (Wildman–Crippen MR) is 102 cm³/mol. The SMILES string of the molecule is O=C(Cc1c[nH]c2ccccc12)NNC(=O)c1ccc(-c2ccc(F)cc2)o1. The molecule has 4 rings (SSSR count). The summed E-state index contributed by atoms with van der Waals surface area (Å²) in [6, 6.07) is 16.5. The second-order valence-corrected chi connectivity index (χ2v) is 6.21. The maximum Gasteiger partial charge on any atom is 0.305 e. The van der Waals surface area contributed by atoms with Crippen LogP contribution in [-0.2, 0) is 11.2 Å². The normalized spacial score (nSPS) is 10.8. The quantitative estimate of drug-likeness (QED) is 0.475. The summed E-state index contributed by atoms with van der Waals surface area (Å²) in [5.74, 6) is -0.836. The number of fused-ring (bicyclic) bond motifs is 1. The number of aromatic nitrogens is 1. The first-order valence-corrected chi connectivity index (χ1v) is 8.60. The minimum atomic E-state index is -0.583. The van der Waals surface area contributed by atoms with E-state index in [0.29, 0.717) is 11.3 Å². The molecule has 0 unspecified atom stereocenters. The van der Waals surface area contributed by atoms with Crippen LogP contribution in [0.5, 0.6) is 0 Å². The minimum Gasteiger partial charge on any atom is -0.451 e. The zero-order chi connectivity index (χ0) is 19.5. The minimum absolute atomic E-state index is 0.0340. The Kier molecular flexibility index (Phi) is 4.63. The second-order valence-electron chi connectivity index (χ2n) is 6.21. The number of rotatable bonds is 4. The Labute approximate surface area is 159 Å². The summed E-state index contributed by atoms with van der Waals surface area (Å²) in [6.07, 6.45) is 1.89. The molecule has 0 atom stereocenters. The van der Waals surface area contributed by atoms with Gasteiger partial charge in [0.1, 0.15) is 11.6 Å². The molecule has 2 aromatic heterocycles. The molecule has 0 bridgehead atoms. The molecular weight excluding hydrogens is 361 g/mol. The number of hydrogen-bond donors (Lipinski definition) is 3. The van der Waals surface area contributed by atoms with Crippen molar-refractivity contribution in [1.82, 2.24) is 15.8 Å². The van der Waals surface area contributed by atoms with Gasteiger partial charge in [-0.2, -0.15) is 0 Å². The van der Waals surface area contributed by atoms with Gasteiger partial charge < -0.3 is 9.40 Å². The first kappa shape index (κ1) is 17.5. The lowest BCUT2D eigenvalue weighted by Gasteiger charge is -2.05. The van der Waals surface area contributed by atoms with Crippen LogP contribution in [-0.4, -0.2) is 16.8 Å². The first-order chi connectivity index (χ1) is 13.6.